The predicted molar refractivity (Wildman–Crippen MR) is 91.9 cm³/mol. The molecule has 0 bridgehead atoms. The Morgan fingerprint density at radius 2 is 2.13 bits per heavy atom. The molecule has 0 saturated carbocycles. The Morgan fingerprint density at radius 1 is 1.35 bits per heavy atom. The first kappa shape index (κ1) is 17.8. The molecular formula is C13H18BrNO5S3. The summed E-state index contributed by atoms with van der Waals surface area (Å²) in [7, 11) is -6.89. The Labute approximate surface area is 148 Å². The van der Waals surface area contributed by atoms with Crippen LogP contribution in [0.3, 0.4) is 0 Å². The average Bonchev–Trinajstić information content (AvgIpc) is 3.17. The van der Waals surface area contributed by atoms with Crippen molar-refractivity contribution >= 4 is 47.1 Å². The summed E-state index contributed by atoms with van der Waals surface area (Å²) in [6, 6.07) is 2.73. The molecule has 2 saturated heterocycles. The zero-order valence-electron chi connectivity index (χ0n) is 12.4. The summed E-state index contributed by atoms with van der Waals surface area (Å²) in [5.41, 5.74) is 0. The number of halogens is 1. The number of nitrogens with zero attached hydrogens (tertiary/aromatic N) is 1. The number of hydrogen-bond donors (Lipinski definition) is 0. The van der Waals surface area contributed by atoms with E-state index in [1.807, 2.05) is 0 Å². The molecule has 0 unspecified atom stereocenters. The normalized spacial score (nSPS) is 27.7. The van der Waals surface area contributed by atoms with Gasteiger partial charge in [-0.3, -0.25) is 0 Å². The lowest BCUT2D eigenvalue weighted by atomic mass is 10.2. The van der Waals surface area contributed by atoms with Crippen molar-refractivity contribution in [1.82, 2.24) is 4.31 Å². The number of hydrogen-bond acceptors (Lipinski definition) is 6. The van der Waals surface area contributed by atoms with E-state index in [2.05, 4.69) is 15.9 Å². The van der Waals surface area contributed by atoms with Gasteiger partial charge in [0.2, 0.25) is 0 Å². The van der Waals surface area contributed by atoms with E-state index in [0.29, 0.717) is 13.0 Å². The van der Waals surface area contributed by atoms with Gasteiger partial charge in [-0.2, -0.15) is 4.31 Å². The maximum Gasteiger partial charge on any atom is 0.252 e. The van der Waals surface area contributed by atoms with Crippen molar-refractivity contribution in [2.45, 2.75) is 35.6 Å². The number of rotatable bonds is 5. The van der Waals surface area contributed by atoms with Crippen LogP contribution in [-0.2, 0) is 24.6 Å². The highest BCUT2D eigenvalue weighted by Gasteiger charge is 2.40. The molecule has 0 spiro atoms. The zero-order chi connectivity index (χ0) is 16.7. The first-order chi connectivity index (χ1) is 10.8. The molecule has 0 amide bonds. The third kappa shape index (κ3) is 3.98. The van der Waals surface area contributed by atoms with Gasteiger partial charge in [-0.15, -0.1) is 11.3 Å². The lowest BCUT2D eigenvalue weighted by molar-refractivity contribution is 0.0877. The Hall–Kier alpha value is -0.0000000000000000833. The van der Waals surface area contributed by atoms with Crippen molar-refractivity contribution in [3.63, 3.8) is 0 Å². The zero-order valence-corrected chi connectivity index (χ0v) is 16.4. The highest BCUT2D eigenvalue weighted by Crippen LogP contribution is 2.32. The smallest absolute Gasteiger partial charge is 0.252 e. The number of sulfone groups is 1. The predicted octanol–water partition coefficient (Wildman–Crippen LogP) is 1.87. The second-order valence-corrected chi connectivity index (χ2v) is 12.6. The van der Waals surface area contributed by atoms with Crippen molar-refractivity contribution in [3.05, 3.63) is 15.9 Å². The second kappa shape index (κ2) is 6.72. The largest absolute Gasteiger partial charge is 0.377 e. The second-order valence-electron chi connectivity index (χ2n) is 5.83. The highest BCUT2D eigenvalue weighted by molar-refractivity contribution is 9.11. The Balaban J connectivity index is 1.90. The number of sulfonamides is 1. The molecule has 2 aliphatic rings. The van der Waals surface area contributed by atoms with Crippen LogP contribution < -0.4 is 0 Å². The van der Waals surface area contributed by atoms with E-state index in [-0.39, 0.29) is 28.4 Å². The molecule has 2 fully saturated rings. The molecule has 130 valence electrons. The number of thiophene rings is 1. The van der Waals surface area contributed by atoms with Gasteiger partial charge < -0.3 is 4.74 Å². The van der Waals surface area contributed by atoms with Crippen LogP contribution in [0, 0.1) is 0 Å². The topological polar surface area (TPSA) is 80.8 Å². The van der Waals surface area contributed by atoms with Crippen LogP contribution >= 0.6 is 27.3 Å². The summed E-state index contributed by atoms with van der Waals surface area (Å²) >= 11 is 4.41. The summed E-state index contributed by atoms with van der Waals surface area (Å²) in [5, 5.41) is 0. The van der Waals surface area contributed by atoms with Gasteiger partial charge in [-0.05, 0) is 47.3 Å². The summed E-state index contributed by atoms with van der Waals surface area (Å²) in [6.45, 7) is 0.851. The van der Waals surface area contributed by atoms with Gasteiger partial charge in [-0.1, -0.05) is 0 Å². The van der Waals surface area contributed by atoms with Crippen molar-refractivity contribution < 1.29 is 21.6 Å². The lowest BCUT2D eigenvalue weighted by Crippen LogP contribution is -2.44. The van der Waals surface area contributed by atoms with Gasteiger partial charge in [0.25, 0.3) is 10.0 Å². The van der Waals surface area contributed by atoms with Gasteiger partial charge in [0.1, 0.15) is 4.21 Å². The van der Waals surface area contributed by atoms with Crippen LogP contribution in [-0.4, -0.2) is 57.9 Å². The van der Waals surface area contributed by atoms with E-state index in [4.69, 9.17) is 4.74 Å². The average molecular weight is 444 g/mol. The monoisotopic (exact) mass is 443 g/mol. The Bertz CT molecular complexity index is 767. The fraction of sp³-hybridized carbons (Fsp3) is 0.692. The summed E-state index contributed by atoms with van der Waals surface area (Å²) < 4.78 is 57.5. The third-order valence-corrected chi connectivity index (χ3v) is 9.89. The molecule has 6 nitrogen and oxygen atoms in total. The minimum atomic E-state index is -3.72. The summed E-state index contributed by atoms with van der Waals surface area (Å²) in [4.78, 5) is 0. The van der Waals surface area contributed by atoms with E-state index in [1.165, 1.54) is 4.31 Å². The van der Waals surface area contributed by atoms with Gasteiger partial charge in [0.15, 0.2) is 9.84 Å². The van der Waals surface area contributed by atoms with Crippen molar-refractivity contribution in [1.29, 1.82) is 0 Å². The first-order valence-electron chi connectivity index (χ1n) is 7.37. The van der Waals surface area contributed by atoms with Crippen LogP contribution in [0.25, 0.3) is 0 Å². The molecule has 1 aromatic heterocycles. The molecule has 3 rings (SSSR count). The standard InChI is InChI=1S/C13H18BrNO5S3/c14-12-3-4-13(21-12)23(18,19)15(8-11-2-1-6-20-11)10-5-7-22(16,17)9-10/h3-4,10-11H,1-2,5-9H2/t10-,11-/m0/s1. The molecule has 0 aliphatic carbocycles. The summed E-state index contributed by atoms with van der Waals surface area (Å²) in [6.07, 6.45) is 1.91. The van der Waals surface area contributed by atoms with Gasteiger partial charge in [-0.25, -0.2) is 16.8 Å². The maximum atomic E-state index is 13.0. The van der Waals surface area contributed by atoms with Gasteiger partial charge in [0.05, 0.1) is 21.4 Å². The molecule has 2 aliphatic heterocycles. The molecule has 0 radical (unpaired) electrons. The highest BCUT2D eigenvalue weighted by atomic mass is 79.9. The van der Waals surface area contributed by atoms with Crippen molar-refractivity contribution in [3.8, 4) is 0 Å². The Morgan fingerprint density at radius 3 is 2.65 bits per heavy atom. The van der Waals surface area contributed by atoms with Crippen LogP contribution in [0.5, 0.6) is 0 Å². The van der Waals surface area contributed by atoms with E-state index in [1.54, 1.807) is 12.1 Å². The molecule has 1 aromatic rings. The lowest BCUT2D eigenvalue weighted by Gasteiger charge is -2.28. The molecule has 10 heteroatoms. The van der Waals surface area contributed by atoms with Crippen LogP contribution in [0.4, 0.5) is 0 Å². The fourth-order valence-electron chi connectivity index (χ4n) is 2.99. The third-order valence-electron chi connectivity index (χ3n) is 4.13. The molecule has 0 aromatic carbocycles. The minimum absolute atomic E-state index is 0.0450. The fourth-order valence-corrected chi connectivity index (χ4v) is 8.64. The SMILES string of the molecule is O=S1(=O)CC[C@H](N(C[C@@H]2CCCO2)S(=O)(=O)c2ccc(Br)s2)C1. The Kier molecular flexibility index (Phi) is 5.20. The maximum absolute atomic E-state index is 13.0. The number of ether oxygens (including phenoxy) is 1. The van der Waals surface area contributed by atoms with Crippen molar-refractivity contribution in [2.24, 2.45) is 0 Å². The quantitative estimate of drug-likeness (QED) is 0.693. The van der Waals surface area contributed by atoms with Crippen LogP contribution in [0.1, 0.15) is 19.3 Å². The molecule has 3 heterocycles. The van der Waals surface area contributed by atoms with E-state index in [0.717, 1.165) is 28.0 Å². The van der Waals surface area contributed by atoms with Crippen LogP contribution in [0.2, 0.25) is 0 Å². The molecule has 0 N–H and O–H groups in total. The molecule has 2 atom stereocenters. The first-order valence-corrected chi connectivity index (χ1v) is 12.2. The summed E-state index contributed by atoms with van der Waals surface area (Å²) in [5.74, 6) is -0.0607. The molecule has 23 heavy (non-hydrogen) atoms. The van der Waals surface area contributed by atoms with Crippen LogP contribution in [0.15, 0.2) is 20.1 Å². The van der Waals surface area contributed by atoms with E-state index >= 15 is 0 Å². The molecular weight excluding hydrogens is 426 g/mol. The van der Waals surface area contributed by atoms with E-state index < -0.39 is 25.9 Å². The van der Waals surface area contributed by atoms with Crippen molar-refractivity contribution in [2.75, 3.05) is 24.7 Å². The van der Waals surface area contributed by atoms with E-state index in [9.17, 15) is 16.8 Å². The van der Waals surface area contributed by atoms with Gasteiger partial charge >= 0.3 is 0 Å². The van der Waals surface area contributed by atoms with Gasteiger partial charge in [0, 0.05) is 19.2 Å². The minimum Gasteiger partial charge on any atom is -0.377 e.